The molecule has 0 aliphatic carbocycles. The number of Topliss-reactive ketones (excluding diaryl/α,β-unsaturated/α-hetero) is 1. The molecule has 13 heteroatoms. The third kappa shape index (κ3) is 6.81. The van der Waals surface area contributed by atoms with E-state index in [9.17, 15) is 19.1 Å². The number of benzene rings is 2. The average Bonchev–Trinajstić information content (AvgIpc) is 2.76. The number of fused-ring (bicyclic) bond motifs is 1. The Morgan fingerprint density at radius 3 is 2.00 bits per heavy atom. The molecule has 0 saturated heterocycles. The van der Waals surface area contributed by atoms with Gasteiger partial charge < -0.3 is 42.6 Å². The summed E-state index contributed by atoms with van der Waals surface area (Å²) >= 11 is 0. The molecule has 0 N–H and O–H groups in total. The van der Waals surface area contributed by atoms with Gasteiger partial charge in [-0.2, -0.15) is 0 Å². The molecule has 0 fully saturated rings. The van der Waals surface area contributed by atoms with E-state index in [2.05, 4.69) is 4.52 Å². The molecule has 1 aliphatic heterocycles. The third-order valence-corrected chi connectivity index (χ3v) is 5.20. The Morgan fingerprint density at radius 2 is 1.52 bits per heavy atom. The van der Waals surface area contributed by atoms with Gasteiger partial charge in [-0.3, -0.25) is 4.79 Å². The smallest absolute Gasteiger partial charge is 0.780 e. The molecule has 2 aromatic rings. The number of carbonyl (C=O) groups excluding carboxylic acids is 1. The molecule has 3 rings (SSSR count). The Hall–Kier alpha value is -0.940. The summed E-state index contributed by atoms with van der Waals surface area (Å²) in [4.78, 5) is 35.4. The molecule has 168 valence electrons. The Morgan fingerprint density at radius 1 is 0.939 bits per heavy atom. The van der Waals surface area contributed by atoms with E-state index < -0.39 is 13.7 Å². The van der Waals surface area contributed by atoms with Crippen molar-refractivity contribution >= 4 is 13.6 Å². The fraction of sp³-hybridized carbons (Fsp3) is 0.350. The normalized spacial score (nSPS) is 14.4. The van der Waals surface area contributed by atoms with Crippen molar-refractivity contribution < 1.29 is 106 Å². The van der Waals surface area contributed by atoms with E-state index >= 15 is 0 Å². The molecule has 1 atom stereocenters. The van der Waals surface area contributed by atoms with Crippen LogP contribution < -0.4 is 97.1 Å². The maximum atomic E-state index is 13.1. The number of phosphoric acid groups is 1. The molecule has 0 bridgehead atoms. The van der Waals surface area contributed by atoms with Crippen molar-refractivity contribution in [1.82, 2.24) is 0 Å². The van der Waals surface area contributed by atoms with Gasteiger partial charge in [0.25, 0.3) is 0 Å². The summed E-state index contributed by atoms with van der Waals surface area (Å²) in [5.41, 5.74) is 0.835. The number of phosphoric ester groups is 1. The van der Waals surface area contributed by atoms with Gasteiger partial charge in [-0.15, -0.1) is 0 Å². The fourth-order valence-corrected chi connectivity index (χ4v) is 3.80. The van der Waals surface area contributed by atoms with E-state index in [1.165, 1.54) is 34.5 Å². The first kappa shape index (κ1) is 30.1. The number of hydrogen-bond acceptors (Lipinski definition) is 10. The van der Waals surface area contributed by atoms with Gasteiger partial charge in [0.1, 0.15) is 7.82 Å². The van der Waals surface area contributed by atoms with Crippen LogP contribution in [0.1, 0.15) is 15.9 Å². The van der Waals surface area contributed by atoms with Crippen LogP contribution in [0.4, 0.5) is 0 Å². The first-order valence-electron chi connectivity index (χ1n) is 9.10. The molecule has 1 aliphatic rings. The van der Waals surface area contributed by atoms with Crippen LogP contribution in [-0.4, -0.2) is 40.8 Å². The Bertz CT molecular complexity index is 1010. The second kappa shape index (κ2) is 12.7. The molecule has 1 heterocycles. The van der Waals surface area contributed by atoms with Crippen molar-refractivity contribution in [3.8, 4) is 34.5 Å². The minimum atomic E-state index is -5.35. The van der Waals surface area contributed by atoms with Gasteiger partial charge in [-0.1, -0.05) is 6.07 Å². The molecule has 1 unspecified atom stereocenters. The van der Waals surface area contributed by atoms with E-state index in [0.717, 1.165) is 0 Å². The van der Waals surface area contributed by atoms with E-state index in [1.54, 1.807) is 18.2 Å². The monoisotopic (exact) mass is 498 g/mol. The largest absolute Gasteiger partial charge is 1.00 e. The maximum absolute atomic E-state index is 13.1. The van der Waals surface area contributed by atoms with Gasteiger partial charge in [0.15, 0.2) is 28.8 Å². The Balaban J connectivity index is 0.00000272. The second-order valence-corrected chi connectivity index (χ2v) is 7.69. The summed E-state index contributed by atoms with van der Waals surface area (Å²) in [5, 5.41) is 0. The van der Waals surface area contributed by atoms with Crippen LogP contribution in [0.25, 0.3) is 0 Å². The minimum absolute atomic E-state index is 0. The van der Waals surface area contributed by atoms with Crippen LogP contribution in [0, 0.1) is 5.92 Å². The van der Waals surface area contributed by atoms with Crippen molar-refractivity contribution in [3.63, 3.8) is 0 Å². The summed E-state index contributed by atoms with van der Waals surface area (Å²) in [6, 6.07) is 6.16. The first-order chi connectivity index (χ1) is 14.7. The molecule has 10 nitrogen and oxygen atoms in total. The van der Waals surface area contributed by atoms with Crippen LogP contribution in [0.5, 0.6) is 34.5 Å². The average molecular weight is 498 g/mol. The molecule has 0 radical (unpaired) electrons. The number of ether oxygens (including phenoxy) is 5. The molecule has 0 amide bonds. The molecule has 0 spiro atoms. The molecule has 2 aromatic carbocycles. The van der Waals surface area contributed by atoms with Gasteiger partial charge in [-0.25, -0.2) is 0 Å². The zero-order valence-corrected chi connectivity index (χ0v) is 24.2. The van der Waals surface area contributed by atoms with E-state index in [4.69, 9.17) is 23.7 Å². The van der Waals surface area contributed by atoms with Gasteiger partial charge in [0, 0.05) is 5.56 Å². The number of hydrogen-bond donors (Lipinski definition) is 0. The number of ketones is 1. The summed E-state index contributed by atoms with van der Waals surface area (Å²) in [7, 11) is 0.313. The minimum Gasteiger partial charge on any atom is -0.780 e. The van der Waals surface area contributed by atoms with Gasteiger partial charge in [0.2, 0.25) is 11.5 Å². The van der Waals surface area contributed by atoms with Crippen LogP contribution in [0.15, 0.2) is 24.3 Å². The van der Waals surface area contributed by atoms with E-state index in [-0.39, 0.29) is 95.2 Å². The standard InChI is InChI=1S/C20H23O10P.2Na/c1-25-14-6-5-11-7-13(10-29-18(11)20(14)30-31(22,23)24)17(21)12-8-15(26-2)19(28-4)16(9-12)27-3;;/h5-6,8-9,13H,7,10H2,1-4H3,(H2,22,23,24);;/q;2*+1/p-2. The Kier molecular flexibility index (Phi) is 11.6. The predicted molar refractivity (Wildman–Crippen MR) is 104 cm³/mol. The molecular weight excluding hydrogens is 477 g/mol. The van der Waals surface area contributed by atoms with Crippen molar-refractivity contribution in [2.75, 3.05) is 35.0 Å². The zero-order valence-electron chi connectivity index (χ0n) is 19.3. The zero-order chi connectivity index (χ0) is 22.8. The van der Waals surface area contributed by atoms with E-state index in [0.29, 0.717) is 28.4 Å². The van der Waals surface area contributed by atoms with Gasteiger partial charge >= 0.3 is 59.1 Å². The summed E-state index contributed by atoms with van der Waals surface area (Å²) < 4.78 is 42.3. The van der Waals surface area contributed by atoms with Crippen LogP contribution >= 0.6 is 7.82 Å². The number of rotatable bonds is 8. The Labute approximate surface area is 235 Å². The van der Waals surface area contributed by atoms with Crippen molar-refractivity contribution in [2.45, 2.75) is 6.42 Å². The SMILES string of the molecule is COc1cc(C(=O)C2COc3c(ccc(OC)c3OP(=O)([O-])[O-])C2)cc(OC)c1OC.[Na+].[Na+]. The van der Waals surface area contributed by atoms with Gasteiger partial charge in [-0.05, 0) is 30.2 Å². The van der Waals surface area contributed by atoms with Crippen LogP contribution in [0.3, 0.4) is 0 Å². The molecule has 33 heavy (non-hydrogen) atoms. The van der Waals surface area contributed by atoms with Crippen molar-refractivity contribution in [2.24, 2.45) is 5.92 Å². The van der Waals surface area contributed by atoms with Gasteiger partial charge in [0.05, 0.1) is 41.0 Å². The summed E-state index contributed by atoms with van der Waals surface area (Å²) in [5.74, 6) is -0.0224. The predicted octanol–water partition coefficient (Wildman–Crippen LogP) is -4.63. The third-order valence-electron chi connectivity index (χ3n) is 4.80. The second-order valence-electron chi connectivity index (χ2n) is 6.61. The van der Waals surface area contributed by atoms with Crippen molar-refractivity contribution in [3.05, 3.63) is 35.4 Å². The maximum Gasteiger partial charge on any atom is 1.00 e. The van der Waals surface area contributed by atoms with Crippen LogP contribution in [0.2, 0.25) is 0 Å². The number of carbonyl (C=O) groups is 1. The molecule has 0 aromatic heterocycles. The topological polar surface area (TPSA) is 136 Å². The van der Waals surface area contributed by atoms with Crippen LogP contribution in [-0.2, 0) is 11.0 Å². The van der Waals surface area contributed by atoms with Crippen molar-refractivity contribution in [1.29, 1.82) is 0 Å². The fourth-order valence-electron chi connectivity index (χ4n) is 3.40. The van der Waals surface area contributed by atoms with E-state index in [1.807, 2.05) is 0 Å². The quantitative estimate of drug-likeness (QED) is 0.199. The molecule has 0 saturated carbocycles. The summed E-state index contributed by atoms with van der Waals surface area (Å²) in [6.45, 7) is -0.0615. The number of methoxy groups -OCH3 is 4. The first-order valence-corrected chi connectivity index (χ1v) is 10.6. The summed E-state index contributed by atoms with van der Waals surface area (Å²) in [6.07, 6.45) is 0.229. The molecular formula is C20H21Na2O10P.